The molecule has 0 N–H and O–H groups in total. The molecule has 2 aromatic rings. The number of fused-ring (bicyclic) bond motifs is 1. The lowest BCUT2D eigenvalue weighted by Crippen LogP contribution is -2.02. The second kappa shape index (κ2) is 3.46. The number of rotatable bonds is 1. The molecule has 1 heterocycles. The van der Waals surface area contributed by atoms with Gasteiger partial charge in [-0.05, 0) is 17.7 Å². The molecule has 0 spiro atoms. The highest BCUT2D eigenvalue weighted by Gasteiger charge is 2.06. The monoisotopic (exact) mass is 207 g/mol. The summed E-state index contributed by atoms with van der Waals surface area (Å²) in [6.07, 6.45) is 1.78. The van der Waals surface area contributed by atoms with Gasteiger partial charge in [0.05, 0.1) is 5.52 Å². The quantitative estimate of drug-likeness (QED) is 0.659. The van der Waals surface area contributed by atoms with Crippen LogP contribution >= 0.6 is 11.6 Å². The molecular formula is C11H10ClNO. The second-order valence-electron chi connectivity index (χ2n) is 3.19. The Kier molecular flexibility index (Phi) is 2.30. The van der Waals surface area contributed by atoms with Gasteiger partial charge in [0.2, 0.25) is 5.91 Å². The van der Waals surface area contributed by atoms with Crippen LogP contribution < -0.4 is 0 Å². The van der Waals surface area contributed by atoms with Crippen molar-refractivity contribution in [2.24, 2.45) is 0 Å². The van der Waals surface area contributed by atoms with E-state index in [1.54, 1.807) is 17.7 Å². The van der Waals surface area contributed by atoms with Crippen LogP contribution in [-0.4, -0.2) is 10.5 Å². The highest BCUT2D eigenvalue weighted by molar-refractivity contribution is 6.18. The van der Waals surface area contributed by atoms with Crippen molar-refractivity contribution in [2.75, 3.05) is 0 Å². The molecule has 0 aliphatic carbocycles. The van der Waals surface area contributed by atoms with E-state index in [9.17, 15) is 4.79 Å². The summed E-state index contributed by atoms with van der Waals surface area (Å²) in [7, 11) is 0. The Balaban J connectivity index is 2.75. The van der Waals surface area contributed by atoms with Crippen molar-refractivity contribution in [1.82, 2.24) is 4.57 Å². The second-order valence-corrected chi connectivity index (χ2v) is 3.46. The minimum absolute atomic E-state index is 0.0201. The maximum atomic E-state index is 11.3. The first kappa shape index (κ1) is 9.28. The number of aromatic nitrogens is 1. The Morgan fingerprint density at radius 2 is 2.21 bits per heavy atom. The minimum Gasteiger partial charge on any atom is -0.287 e. The fourth-order valence-corrected chi connectivity index (χ4v) is 1.86. The SMILES string of the molecule is CC(=O)n1ccc2c(CCl)cccc21. The average molecular weight is 208 g/mol. The van der Waals surface area contributed by atoms with E-state index >= 15 is 0 Å². The van der Waals surface area contributed by atoms with Gasteiger partial charge in [-0.2, -0.15) is 0 Å². The largest absolute Gasteiger partial charge is 0.287 e. The summed E-state index contributed by atoms with van der Waals surface area (Å²) in [6, 6.07) is 7.74. The zero-order valence-corrected chi connectivity index (χ0v) is 8.58. The van der Waals surface area contributed by atoms with Crippen LogP contribution in [0, 0.1) is 0 Å². The maximum absolute atomic E-state index is 11.3. The van der Waals surface area contributed by atoms with Crippen molar-refractivity contribution in [3.63, 3.8) is 0 Å². The van der Waals surface area contributed by atoms with E-state index in [4.69, 9.17) is 11.6 Å². The Morgan fingerprint density at radius 1 is 1.43 bits per heavy atom. The number of hydrogen-bond donors (Lipinski definition) is 0. The molecule has 0 atom stereocenters. The lowest BCUT2D eigenvalue weighted by atomic mass is 10.1. The van der Waals surface area contributed by atoms with Gasteiger partial charge >= 0.3 is 0 Å². The minimum atomic E-state index is 0.0201. The molecule has 1 aromatic heterocycles. The number of benzene rings is 1. The van der Waals surface area contributed by atoms with E-state index in [2.05, 4.69) is 0 Å². The number of alkyl halides is 1. The molecule has 0 bridgehead atoms. The molecule has 0 saturated carbocycles. The molecule has 0 aliphatic heterocycles. The van der Waals surface area contributed by atoms with Gasteiger partial charge in [0.1, 0.15) is 0 Å². The Bertz CT molecular complexity index is 487. The van der Waals surface area contributed by atoms with Crippen LogP contribution in [0.2, 0.25) is 0 Å². The summed E-state index contributed by atoms with van der Waals surface area (Å²) < 4.78 is 1.63. The summed E-state index contributed by atoms with van der Waals surface area (Å²) in [5, 5.41) is 1.05. The standard InChI is InChI=1S/C11H10ClNO/c1-8(14)13-6-5-10-9(7-12)3-2-4-11(10)13/h2-6H,7H2,1H3. The van der Waals surface area contributed by atoms with Gasteiger partial charge in [0.15, 0.2) is 0 Å². The first-order valence-electron chi connectivity index (χ1n) is 4.40. The van der Waals surface area contributed by atoms with Crippen molar-refractivity contribution in [1.29, 1.82) is 0 Å². The van der Waals surface area contributed by atoms with Crippen LogP contribution in [0.25, 0.3) is 10.9 Å². The van der Waals surface area contributed by atoms with E-state index in [-0.39, 0.29) is 5.91 Å². The topological polar surface area (TPSA) is 22.0 Å². The lowest BCUT2D eigenvalue weighted by Gasteiger charge is -2.01. The highest BCUT2D eigenvalue weighted by Crippen LogP contribution is 2.21. The predicted octanol–water partition coefficient (Wildman–Crippen LogP) is 3.04. The van der Waals surface area contributed by atoms with Gasteiger partial charge in [-0.15, -0.1) is 11.6 Å². The molecule has 1 aromatic carbocycles. The third-order valence-electron chi connectivity index (χ3n) is 2.31. The van der Waals surface area contributed by atoms with Crippen molar-refractivity contribution in [3.8, 4) is 0 Å². The number of nitrogens with zero attached hydrogens (tertiary/aromatic N) is 1. The molecule has 0 fully saturated rings. The molecule has 0 unspecified atom stereocenters. The van der Waals surface area contributed by atoms with Crippen molar-refractivity contribution < 1.29 is 4.79 Å². The van der Waals surface area contributed by atoms with Crippen molar-refractivity contribution in [2.45, 2.75) is 12.8 Å². The average Bonchev–Trinajstić information content (AvgIpc) is 2.60. The Labute approximate surface area is 87.1 Å². The summed E-state index contributed by atoms with van der Waals surface area (Å²) in [5.41, 5.74) is 1.99. The van der Waals surface area contributed by atoms with E-state index < -0.39 is 0 Å². The van der Waals surface area contributed by atoms with Crippen LogP contribution in [-0.2, 0) is 5.88 Å². The first-order chi connectivity index (χ1) is 6.74. The summed E-state index contributed by atoms with van der Waals surface area (Å²) in [4.78, 5) is 11.3. The van der Waals surface area contributed by atoms with Crippen LogP contribution in [0.3, 0.4) is 0 Å². The molecule has 3 heteroatoms. The fourth-order valence-electron chi connectivity index (χ4n) is 1.62. The van der Waals surface area contributed by atoms with Crippen LogP contribution in [0.4, 0.5) is 0 Å². The van der Waals surface area contributed by atoms with Crippen LogP contribution in [0.15, 0.2) is 30.5 Å². The summed E-state index contributed by atoms with van der Waals surface area (Å²) >= 11 is 5.80. The normalized spacial score (nSPS) is 10.7. The molecule has 2 nitrogen and oxygen atoms in total. The fraction of sp³-hybridized carbons (Fsp3) is 0.182. The van der Waals surface area contributed by atoms with E-state index in [1.165, 1.54) is 0 Å². The molecule has 0 saturated heterocycles. The molecular weight excluding hydrogens is 198 g/mol. The van der Waals surface area contributed by atoms with Crippen LogP contribution in [0.5, 0.6) is 0 Å². The number of carbonyl (C=O) groups excluding carboxylic acids is 1. The number of hydrogen-bond acceptors (Lipinski definition) is 1. The highest BCUT2D eigenvalue weighted by atomic mass is 35.5. The first-order valence-corrected chi connectivity index (χ1v) is 4.93. The number of halogens is 1. The maximum Gasteiger partial charge on any atom is 0.227 e. The van der Waals surface area contributed by atoms with Crippen LogP contribution in [0.1, 0.15) is 17.3 Å². The van der Waals surface area contributed by atoms with Gasteiger partial charge in [0.25, 0.3) is 0 Å². The zero-order valence-electron chi connectivity index (χ0n) is 7.83. The Hall–Kier alpha value is -1.28. The predicted molar refractivity (Wildman–Crippen MR) is 57.8 cm³/mol. The summed E-state index contributed by atoms with van der Waals surface area (Å²) in [6.45, 7) is 1.55. The molecule has 0 aliphatic rings. The third-order valence-corrected chi connectivity index (χ3v) is 2.59. The van der Waals surface area contributed by atoms with Gasteiger partial charge < -0.3 is 0 Å². The lowest BCUT2D eigenvalue weighted by molar-refractivity contribution is 0.0941. The third kappa shape index (κ3) is 1.32. The van der Waals surface area contributed by atoms with Crippen molar-refractivity contribution in [3.05, 3.63) is 36.0 Å². The van der Waals surface area contributed by atoms with Gasteiger partial charge in [-0.25, -0.2) is 0 Å². The molecule has 14 heavy (non-hydrogen) atoms. The summed E-state index contributed by atoms with van der Waals surface area (Å²) in [5.74, 6) is 0.492. The van der Waals surface area contributed by atoms with Gasteiger partial charge in [-0.3, -0.25) is 9.36 Å². The molecule has 72 valence electrons. The Morgan fingerprint density at radius 3 is 2.86 bits per heavy atom. The van der Waals surface area contributed by atoms with E-state index in [0.29, 0.717) is 5.88 Å². The number of carbonyl (C=O) groups is 1. The molecule has 0 radical (unpaired) electrons. The van der Waals surface area contributed by atoms with E-state index in [0.717, 1.165) is 16.5 Å². The molecule has 0 amide bonds. The van der Waals surface area contributed by atoms with Crippen molar-refractivity contribution >= 4 is 28.4 Å². The smallest absolute Gasteiger partial charge is 0.227 e. The van der Waals surface area contributed by atoms with E-state index in [1.807, 2.05) is 24.3 Å². The molecule has 2 rings (SSSR count). The zero-order chi connectivity index (χ0) is 10.1. The van der Waals surface area contributed by atoms with Gasteiger partial charge in [-0.1, -0.05) is 12.1 Å². The van der Waals surface area contributed by atoms with Gasteiger partial charge in [0, 0.05) is 24.4 Å².